The molecule has 2 aromatic heterocycles. The number of anilines is 1. The van der Waals surface area contributed by atoms with E-state index < -0.39 is 4.92 Å². The maximum absolute atomic E-state index is 10.7. The second-order valence-electron chi connectivity index (χ2n) is 3.67. The van der Waals surface area contributed by atoms with E-state index in [9.17, 15) is 10.1 Å². The first kappa shape index (κ1) is 12.4. The molecule has 7 heteroatoms. The van der Waals surface area contributed by atoms with Crippen LogP contribution in [0.25, 0.3) is 0 Å². The van der Waals surface area contributed by atoms with Crippen molar-refractivity contribution >= 4 is 23.1 Å². The van der Waals surface area contributed by atoms with Crippen LogP contribution in [-0.2, 0) is 0 Å². The van der Waals surface area contributed by atoms with Gasteiger partial charge in [-0.25, -0.2) is 4.98 Å². The summed E-state index contributed by atoms with van der Waals surface area (Å²) in [6, 6.07) is 5.93. The van der Waals surface area contributed by atoms with Gasteiger partial charge in [0.05, 0.1) is 29.4 Å². The molecule has 0 amide bonds. The number of nitrogens with one attached hydrogen (secondary N) is 1. The van der Waals surface area contributed by atoms with Gasteiger partial charge in [-0.3, -0.25) is 10.1 Å². The average molecular weight is 268 g/mol. The van der Waals surface area contributed by atoms with Crippen LogP contribution in [0.3, 0.4) is 0 Å². The average Bonchev–Trinajstić information content (AvgIpc) is 2.81. The van der Waals surface area contributed by atoms with Crippen LogP contribution in [0, 0.1) is 10.1 Å². The lowest BCUT2D eigenvalue weighted by Gasteiger charge is -2.11. The Hall–Kier alpha value is -2.08. The van der Waals surface area contributed by atoms with Crippen LogP contribution in [0.5, 0.6) is 0 Å². The molecule has 2 heterocycles. The van der Waals surface area contributed by atoms with Crippen LogP contribution in [0.15, 0.2) is 34.9 Å². The Morgan fingerprint density at radius 3 is 2.94 bits per heavy atom. The van der Waals surface area contributed by atoms with Gasteiger partial charge < -0.3 is 9.73 Å². The van der Waals surface area contributed by atoms with Gasteiger partial charge in [-0.15, -0.1) is 0 Å². The van der Waals surface area contributed by atoms with Gasteiger partial charge in [0.1, 0.15) is 16.7 Å². The van der Waals surface area contributed by atoms with Crippen LogP contribution >= 0.6 is 11.6 Å². The number of aromatic nitrogens is 1. The standard InChI is InChI=1S/C11H10ClN3O3/c1-7(9-3-2-4-18-9)13-11-6-8(15(16)17)5-10(12)14-11/h2-7H,1H3,(H,13,14). The smallest absolute Gasteiger partial charge is 0.276 e. The Bertz CT molecular complexity index is 557. The van der Waals surface area contributed by atoms with Crippen LogP contribution in [0.2, 0.25) is 5.15 Å². The zero-order valence-corrected chi connectivity index (χ0v) is 10.2. The Morgan fingerprint density at radius 1 is 1.56 bits per heavy atom. The highest BCUT2D eigenvalue weighted by molar-refractivity contribution is 6.29. The van der Waals surface area contributed by atoms with Crippen molar-refractivity contribution in [3.05, 3.63) is 51.6 Å². The highest BCUT2D eigenvalue weighted by Crippen LogP contribution is 2.24. The molecule has 1 atom stereocenters. The minimum absolute atomic E-state index is 0.0679. The summed E-state index contributed by atoms with van der Waals surface area (Å²) < 4.78 is 5.22. The van der Waals surface area contributed by atoms with E-state index in [1.54, 1.807) is 18.4 Å². The summed E-state index contributed by atoms with van der Waals surface area (Å²) in [4.78, 5) is 14.1. The number of nitro groups is 1. The maximum atomic E-state index is 10.7. The van der Waals surface area contributed by atoms with E-state index in [1.807, 2.05) is 6.92 Å². The van der Waals surface area contributed by atoms with E-state index in [0.717, 1.165) is 0 Å². The van der Waals surface area contributed by atoms with Gasteiger partial charge in [-0.1, -0.05) is 11.6 Å². The Morgan fingerprint density at radius 2 is 2.33 bits per heavy atom. The van der Waals surface area contributed by atoms with Crippen molar-refractivity contribution in [2.24, 2.45) is 0 Å². The molecule has 94 valence electrons. The van der Waals surface area contributed by atoms with Crippen LogP contribution < -0.4 is 5.32 Å². The van der Waals surface area contributed by atoms with Crippen molar-refractivity contribution in [1.29, 1.82) is 0 Å². The molecule has 1 N–H and O–H groups in total. The van der Waals surface area contributed by atoms with Gasteiger partial charge in [0.2, 0.25) is 0 Å². The minimum Gasteiger partial charge on any atom is -0.467 e. The third kappa shape index (κ3) is 2.78. The molecule has 0 aliphatic rings. The van der Waals surface area contributed by atoms with Crippen molar-refractivity contribution in [2.75, 3.05) is 5.32 Å². The van der Waals surface area contributed by atoms with Crippen molar-refractivity contribution in [3.8, 4) is 0 Å². The van der Waals surface area contributed by atoms with Gasteiger partial charge in [0.25, 0.3) is 5.69 Å². The summed E-state index contributed by atoms with van der Waals surface area (Å²) in [5.41, 5.74) is -0.107. The molecule has 18 heavy (non-hydrogen) atoms. The summed E-state index contributed by atoms with van der Waals surface area (Å²) in [6.45, 7) is 1.85. The molecule has 0 saturated carbocycles. The second kappa shape index (κ2) is 5.05. The second-order valence-corrected chi connectivity index (χ2v) is 4.06. The molecule has 6 nitrogen and oxygen atoms in total. The first-order valence-electron chi connectivity index (χ1n) is 5.18. The van der Waals surface area contributed by atoms with Crippen LogP contribution in [0.4, 0.5) is 11.5 Å². The zero-order valence-electron chi connectivity index (χ0n) is 9.46. The number of hydrogen-bond donors (Lipinski definition) is 1. The summed E-state index contributed by atoms with van der Waals surface area (Å²) in [7, 11) is 0. The molecular formula is C11H10ClN3O3. The van der Waals surface area contributed by atoms with E-state index in [2.05, 4.69) is 10.3 Å². The largest absolute Gasteiger partial charge is 0.467 e. The monoisotopic (exact) mass is 267 g/mol. The summed E-state index contributed by atoms with van der Waals surface area (Å²) in [5, 5.41) is 13.7. The molecule has 0 radical (unpaired) electrons. The first-order chi connectivity index (χ1) is 8.56. The van der Waals surface area contributed by atoms with E-state index in [0.29, 0.717) is 11.6 Å². The fourth-order valence-electron chi connectivity index (χ4n) is 1.49. The predicted molar refractivity (Wildman–Crippen MR) is 66.6 cm³/mol. The van der Waals surface area contributed by atoms with Gasteiger partial charge >= 0.3 is 0 Å². The third-order valence-electron chi connectivity index (χ3n) is 2.32. The summed E-state index contributed by atoms with van der Waals surface area (Å²) >= 11 is 5.72. The van der Waals surface area contributed by atoms with Crippen LogP contribution in [0.1, 0.15) is 18.7 Å². The Balaban J connectivity index is 2.21. The molecule has 0 aromatic carbocycles. The number of rotatable bonds is 4. The molecule has 0 saturated heterocycles. The lowest BCUT2D eigenvalue weighted by atomic mass is 10.2. The first-order valence-corrected chi connectivity index (χ1v) is 5.56. The molecule has 0 fully saturated rings. The quantitative estimate of drug-likeness (QED) is 0.521. The lowest BCUT2D eigenvalue weighted by molar-refractivity contribution is -0.384. The number of pyridine rings is 1. The molecule has 1 unspecified atom stereocenters. The Labute approximate surface area is 108 Å². The topological polar surface area (TPSA) is 81.2 Å². The van der Waals surface area contributed by atoms with Crippen molar-refractivity contribution in [2.45, 2.75) is 13.0 Å². The normalized spacial score (nSPS) is 12.1. The van der Waals surface area contributed by atoms with E-state index in [1.165, 1.54) is 12.1 Å². The Kier molecular flexibility index (Phi) is 3.47. The highest BCUT2D eigenvalue weighted by atomic mass is 35.5. The zero-order chi connectivity index (χ0) is 13.1. The van der Waals surface area contributed by atoms with Gasteiger partial charge in [-0.05, 0) is 19.1 Å². The van der Waals surface area contributed by atoms with E-state index in [-0.39, 0.29) is 16.9 Å². The number of nitrogens with zero attached hydrogens (tertiary/aromatic N) is 2. The predicted octanol–water partition coefficient (Wildman–Crippen LogP) is 3.41. The fourth-order valence-corrected chi connectivity index (χ4v) is 1.70. The van der Waals surface area contributed by atoms with Crippen molar-refractivity contribution < 1.29 is 9.34 Å². The SMILES string of the molecule is CC(Nc1cc([N+](=O)[O-])cc(Cl)n1)c1ccco1. The maximum Gasteiger partial charge on any atom is 0.276 e. The molecule has 0 aliphatic heterocycles. The summed E-state index contributed by atoms with van der Waals surface area (Å²) in [6.07, 6.45) is 1.56. The van der Waals surface area contributed by atoms with Gasteiger partial charge in [0.15, 0.2) is 0 Å². The van der Waals surface area contributed by atoms with Crippen molar-refractivity contribution in [3.63, 3.8) is 0 Å². The van der Waals surface area contributed by atoms with Gasteiger partial charge in [-0.2, -0.15) is 0 Å². The number of halogens is 1. The highest BCUT2D eigenvalue weighted by Gasteiger charge is 2.13. The minimum atomic E-state index is -0.518. The fraction of sp³-hybridized carbons (Fsp3) is 0.182. The summed E-state index contributed by atoms with van der Waals surface area (Å²) in [5.74, 6) is 1.04. The lowest BCUT2D eigenvalue weighted by Crippen LogP contribution is -2.07. The molecule has 0 bridgehead atoms. The molecule has 2 rings (SSSR count). The number of furan rings is 1. The van der Waals surface area contributed by atoms with Crippen molar-refractivity contribution in [1.82, 2.24) is 4.98 Å². The van der Waals surface area contributed by atoms with E-state index in [4.69, 9.17) is 16.0 Å². The number of hydrogen-bond acceptors (Lipinski definition) is 5. The van der Waals surface area contributed by atoms with Crippen LogP contribution in [-0.4, -0.2) is 9.91 Å². The van der Waals surface area contributed by atoms with Gasteiger partial charge in [0, 0.05) is 0 Å². The molecule has 2 aromatic rings. The molecule has 0 spiro atoms. The molecular weight excluding hydrogens is 258 g/mol. The van der Waals surface area contributed by atoms with E-state index >= 15 is 0 Å². The molecule has 0 aliphatic carbocycles. The third-order valence-corrected chi connectivity index (χ3v) is 2.52.